The van der Waals surface area contributed by atoms with Gasteiger partial charge in [0.15, 0.2) is 0 Å². The number of benzene rings is 1. The van der Waals surface area contributed by atoms with Crippen LogP contribution in [-0.4, -0.2) is 11.1 Å². The second-order valence-electron chi connectivity index (χ2n) is 2.65. The molecule has 0 amide bonds. The number of hydrogen-bond acceptors (Lipinski definition) is 2. The van der Waals surface area contributed by atoms with Gasteiger partial charge in [-0.25, -0.2) is 9.18 Å². The zero-order valence-electron chi connectivity index (χ0n) is 7.37. The summed E-state index contributed by atoms with van der Waals surface area (Å²) in [6, 6.07) is 5.26. The molecular weight excluding hydrogens is 221 g/mol. The molecule has 1 aromatic carbocycles. The van der Waals surface area contributed by atoms with Crippen LogP contribution < -0.4 is 0 Å². The first-order valence-corrected chi connectivity index (χ1v) is 4.22. The Morgan fingerprint density at radius 2 is 2.27 bits per heavy atom. The molecule has 0 fully saturated rings. The first-order chi connectivity index (χ1) is 7.04. The van der Waals surface area contributed by atoms with Crippen molar-refractivity contribution in [2.45, 2.75) is 0 Å². The van der Waals surface area contributed by atoms with Crippen molar-refractivity contribution in [1.82, 2.24) is 0 Å². The van der Waals surface area contributed by atoms with Crippen molar-refractivity contribution in [3.05, 3.63) is 40.2 Å². The van der Waals surface area contributed by atoms with Gasteiger partial charge in [-0.1, -0.05) is 17.7 Å². The van der Waals surface area contributed by atoms with E-state index in [4.69, 9.17) is 22.0 Å². The average molecular weight is 226 g/mol. The third-order valence-corrected chi connectivity index (χ3v) is 1.91. The van der Waals surface area contributed by atoms with Gasteiger partial charge in [-0.05, 0) is 23.8 Å². The second-order valence-corrected chi connectivity index (χ2v) is 3.06. The quantitative estimate of drug-likeness (QED) is 0.621. The van der Waals surface area contributed by atoms with Gasteiger partial charge < -0.3 is 5.11 Å². The Bertz CT molecular complexity index is 477. The maximum Gasteiger partial charge on any atom is 0.346 e. The van der Waals surface area contributed by atoms with Crippen LogP contribution in [0, 0.1) is 17.1 Å². The van der Waals surface area contributed by atoms with Gasteiger partial charge in [0.2, 0.25) is 0 Å². The highest BCUT2D eigenvalue weighted by molar-refractivity contribution is 6.30. The number of halogens is 2. The largest absolute Gasteiger partial charge is 0.477 e. The van der Waals surface area contributed by atoms with Gasteiger partial charge in [0.1, 0.15) is 17.5 Å². The molecule has 15 heavy (non-hydrogen) atoms. The minimum Gasteiger partial charge on any atom is -0.477 e. The molecular formula is C10H5ClFNO2. The highest BCUT2D eigenvalue weighted by Gasteiger charge is 2.06. The van der Waals surface area contributed by atoms with E-state index in [0.717, 1.165) is 12.1 Å². The smallest absolute Gasteiger partial charge is 0.346 e. The molecule has 0 saturated carbocycles. The van der Waals surface area contributed by atoms with Gasteiger partial charge in [-0.3, -0.25) is 0 Å². The van der Waals surface area contributed by atoms with Crippen LogP contribution in [0.15, 0.2) is 23.8 Å². The first-order valence-electron chi connectivity index (χ1n) is 3.84. The summed E-state index contributed by atoms with van der Waals surface area (Å²) in [5, 5.41) is 17.0. The van der Waals surface area contributed by atoms with Crippen molar-refractivity contribution in [1.29, 1.82) is 5.26 Å². The molecule has 0 saturated heterocycles. The third-order valence-electron chi connectivity index (χ3n) is 1.61. The van der Waals surface area contributed by atoms with E-state index < -0.39 is 17.4 Å². The molecule has 0 unspecified atom stereocenters. The Hall–Kier alpha value is -1.86. The zero-order chi connectivity index (χ0) is 11.4. The zero-order valence-corrected chi connectivity index (χ0v) is 8.12. The van der Waals surface area contributed by atoms with E-state index in [0.29, 0.717) is 0 Å². The lowest BCUT2D eigenvalue weighted by Crippen LogP contribution is -1.97. The fourth-order valence-electron chi connectivity index (χ4n) is 0.911. The highest BCUT2D eigenvalue weighted by Crippen LogP contribution is 2.17. The summed E-state index contributed by atoms with van der Waals surface area (Å²) < 4.78 is 12.9. The number of carboxylic acid groups (broad SMARTS) is 1. The fraction of sp³-hybridized carbons (Fsp3) is 0. The number of nitrogens with zero attached hydrogens (tertiary/aromatic N) is 1. The lowest BCUT2D eigenvalue weighted by Gasteiger charge is -1.96. The summed E-state index contributed by atoms with van der Waals surface area (Å²) in [5.41, 5.74) is -0.187. The van der Waals surface area contributed by atoms with Gasteiger partial charge >= 0.3 is 5.97 Å². The Morgan fingerprint density at radius 3 is 2.73 bits per heavy atom. The van der Waals surface area contributed by atoms with Gasteiger partial charge in [-0.15, -0.1) is 0 Å². The minimum atomic E-state index is -1.35. The summed E-state index contributed by atoms with van der Waals surface area (Å²) in [6.07, 6.45) is 1.07. The van der Waals surface area contributed by atoms with E-state index in [1.165, 1.54) is 18.2 Å². The second kappa shape index (κ2) is 4.58. The molecule has 0 radical (unpaired) electrons. The minimum absolute atomic E-state index is 0.0546. The Balaban J connectivity index is 3.14. The molecule has 0 aliphatic rings. The SMILES string of the molecule is N#C/C(=C/c1ccc(Cl)c(F)c1)C(=O)O. The summed E-state index contributed by atoms with van der Waals surface area (Å²) in [7, 11) is 0. The van der Waals surface area contributed by atoms with E-state index >= 15 is 0 Å². The molecule has 76 valence electrons. The predicted molar refractivity (Wildman–Crippen MR) is 52.6 cm³/mol. The van der Waals surface area contributed by atoms with E-state index in [-0.39, 0.29) is 10.6 Å². The topological polar surface area (TPSA) is 61.1 Å². The average Bonchev–Trinajstić information content (AvgIpc) is 2.19. The Kier molecular flexibility index (Phi) is 3.42. The third kappa shape index (κ3) is 2.79. The molecule has 1 rings (SSSR count). The van der Waals surface area contributed by atoms with Gasteiger partial charge in [-0.2, -0.15) is 5.26 Å². The first kappa shape index (κ1) is 11.2. The molecule has 1 aromatic rings. The molecule has 0 spiro atoms. The van der Waals surface area contributed by atoms with Crippen LogP contribution in [0.1, 0.15) is 5.56 Å². The summed E-state index contributed by atoms with van der Waals surface area (Å²) in [5.74, 6) is -2.01. The van der Waals surface area contributed by atoms with Crippen LogP contribution in [0.2, 0.25) is 5.02 Å². The van der Waals surface area contributed by atoms with Crippen molar-refractivity contribution in [3.63, 3.8) is 0 Å². The standard InChI is InChI=1S/C10H5ClFNO2/c11-8-2-1-6(4-9(8)12)3-7(5-13)10(14)15/h1-4H,(H,14,15)/b7-3-. The molecule has 0 heterocycles. The van der Waals surface area contributed by atoms with Gasteiger partial charge in [0.25, 0.3) is 0 Å². The van der Waals surface area contributed by atoms with Gasteiger partial charge in [0, 0.05) is 0 Å². The van der Waals surface area contributed by atoms with Crippen molar-refractivity contribution >= 4 is 23.6 Å². The van der Waals surface area contributed by atoms with Gasteiger partial charge in [0.05, 0.1) is 5.02 Å². The lowest BCUT2D eigenvalue weighted by molar-refractivity contribution is -0.132. The molecule has 0 aromatic heterocycles. The van der Waals surface area contributed by atoms with Crippen molar-refractivity contribution in [2.24, 2.45) is 0 Å². The van der Waals surface area contributed by atoms with Crippen LogP contribution in [0.3, 0.4) is 0 Å². The van der Waals surface area contributed by atoms with E-state index in [1.54, 1.807) is 0 Å². The number of aliphatic carboxylic acids is 1. The van der Waals surface area contributed by atoms with Crippen molar-refractivity contribution in [3.8, 4) is 6.07 Å². The fourth-order valence-corrected chi connectivity index (χ4v) is 1.03. The Labute approximate surface area is 90.0 Å². The maximum absolute atomic E-state index is 12.9. The summed E-state index contributed by atoms with van der Waals surface area (Å²) in [4.78, 5) is 10.5. The monoisotopic (exact) mass is 225 g/mol. The van der Waals surface area contributed by atoms with E-state index in [9.17, 15) is 9.18 Å². The Morgan fingerprint density at radius 1 is 1.60 bits per heavy atom. The van der Waals surface area contributed by atoms with Crippen LogP contribution in [-0.2, 0) is 4.79 Å². The van der Waals surface area contributed by atoms with Crippen LogP contribution >= 0.6 is 11.6 Å². The molecule has 5 heteroatoms. The number of rotatable bonds is 2. The normalized spacial score (nSPS) is 10.9. The predicted octanol–water partition coefficient (Wildman–Crippen LogP) is 2.47. The lowest BCUT2D eigenvalue weighted by atomic mass is 10.1. The molecule has 1 N–H and O–H groups in total. The number of carboxylic acids is 1. The molecule has 0 aliphatic carbocycles. The number of carbonyl (C=O) groups is 1. The van der Waals surface area contributed by atoms with E-state index in [2.05, 4.69) is 0 Å². The number of nitriles is 1. The summed E-state index contributed by atoms with van der Waals surface area (Å²) >= 11 is 5.44. The van der Waals surface area contributed by atoms with Crippen LogP contribution in [0.4, 0.5) is 4.39 Å². The molecule has 0 atom stereocenters. The van der Waals surface area contributed by atoms with Crippen molar-refractivity contribution < 1.29 is 14.3 Å². The summed E-state index contributed by atoms with van der Waals surface area (Å²) in [6.45, 7) is 0. The molecule has 3 nitrogen and oxygen atoms in total. The molecule has 0 aliphatic heterocycles. The van der Waals surface area contributed by atoms with Crippen molar-refractivity contribution in [2.75, 3.05) is 0 Å². The van der Waals surface area contributed by atoms with E-state index in [1.807, 2.05) is 0 Å². The van der Waals surface area contributed by atoms with Crippen LogP contribution in [0.25, 0.3) is 6.08 Å². The molecule has 0 bridgehead atoms. The van der Waals surface area contributed by atoms with Crippen LogP contribution in [0.5, 0.6) is 0 Å². The highest BCUT2D eigenvalue weighted by atomic mass is 35.5. The maximum atomic E-state index is 12.9. The number of hydrogen-bond donors (Lipinski definition) is 1.